The Balaban J connectivity index is 3.04. The number of unbranched alkanes of at least 4 members (excludes halogenated alkanes) is 1. The van der Waals surface area contributed by atoms with Crippen molar-refractivity contribution in [3.8, 4) is 0 Å². The zero-order valence-corrected chi connectivity index (χ0v) is 20.2. The number of amides is 4. The van der Waals surface area contributed by atoms with Crippen molar-refractivity contribution in [3.63, 3.8) is 0 Å². The van der Waals surface area contributed by atoms with Crippen molar-refractivity contribution in [2.75, 3.05) is 12.3 Å². The molecule has 0 aliphatic rings. The number of carbonyl (C=O) groups is 5. The van der Waals surface area contributed by atoms with Crippen LogP contribution in [-0.2, 0) is 30.4 Å². The molecule has 0 aromatic heterocycles. The molecule has 10 N–H and O–H groups in total. The van der Waals surface area contributed by atoms with E-state index in [1.807, 2.05) is 0 Å². The number of rotatable bonds is 16. The standard InChI is InChI=1S/C22H34N6O6S/c23-9-5-4-8-14(24)19(30)26-15(10-13-6-2-1-3-7-13)20(31)27-16(11-18(25)29)21(32)28-17(12-35)22(33)34/h1-3,6-7,14-17,35H,4-5,8-12,23-24H2,(H2,25,29)(H,26,30)(H,27,31)(H,28,32)(H,33,34). The fourth-order valence-corrected chi connectivity index (χ4v) is 3.37. The molecular formula is C22H34N6O6S. The Morgan fingerprint density at radius 1 is 0.886 bits per heavy atom. The first kappa shape index (κ1) is 29.9. The summed E-state index contributed by atoms with van der Waals surface area (Å²) in [6.45, 7) is 0.465. The first-order chi connectivity index (χ1) is 16.6. The lowest BCUT2D eigenvalue weighted by molar-refractivity contribution is -0.141. The van der Waals surface area contributed by atoms with Gasteiger partial charge in [0.2, 0.25) is 23.6 Å². The third-order valence-corrected chi connectivity index (χ3v) is 5.42. The van der Waals surface area contributed by atoms with Gasteiger partial charge in [0.1, 0.15) is 18.1 Å². The van der Waals surface area contributed by atoms with Gasteiger partial charge < -0.3 is 38.3 Å². The first-order valence-electron chi connectivity index (χ1n) is 11.1. The minimum atomic E-state index is -1.46. The van der Waals surface area contributed by atoms with Gasteiger partial charge in [0, 0.05) is 12.2 Å². The van der Waals surface area contributed by atoms with Crippen LogP contribution in [0.1, 0.15) is 31.2 Å². The van der Waals surface area contributed by atoms with Gasteiger partial charge >= 0.3 is 5.97 Å². The Morgan fingerprint density at radius 2 is 1.46 bits per heavy atom. The number of nitrogens with two attached hydrogens (primary N) is 3. The van der Waals surface area contributed by atoms with Gasteiger partial charge in [-0.15, -0.1) is 0 Å². The van der Waals surface area contributed by atoms with Crippen LogP contribution >= 0.6 is 12.6 Å². The number of nitrogens with one attached hydrogen (secondary N) is 3. The van der Waals surface area contributed by atoms with Gasteiger partial charge in [-0.3, -0.25) is 19.2 Å². The summed E-state index contributed by atoms with van der Waals surface area (Å²) < 4.78 is 0. The van der Waals surface area contributed by atoms with Gasteiger partial charge in [0.15, 0.2) is 0 Å². The van der Waals surface area contributed by atoms with Crippen molar-refractivity contribution in [1.29, 1.82) is 0 Å². The molecule has 0 aliphatic carbocycles. The third-order valence-electron chi connectivity index (χ3n) is 5.06. The van der Waals surface area contributed by atoms with E-state index in [-0.39, 0.29) is 12.2 Å². The Morgan fingerprint density at radius 3 is 2.00 bits per heavy atom. The van der Waals surface area contributed by atoms with Gasteiger partial charge in [0.25, 0.3) is 0 Å². The summed E-state index contributed by atoms with van der Waals surface area (Å²) in [6.07, 6.45) is 1.20. The minimum Gasteiger partial charge on any atom is -0.480 e. The highest BCUT2D eigenvalue weighted by molar-refractivity contribution is 7.80. The molecule has 4 amide bonds. The molecule has 12 nitrogen and oxygen atoms in total. The second-order valence-electron chi connectivity index (χ2n) is 7.96. The average molecular weight is 511 g/mol. The van der Waals surface area contributed by atoms with Crippen LogP contribution in [0.4, 0.5) is 0 Å². The van der Waals surface area contributed by atoms with Crippen LogP contribution in [0, 0.1) is 0 Å². The Hall–Kier alpha value is -3.16. The smallest absolute Gasteiger partial charge is 0.327 e. The van der Waals surface area contributed by atoms with E-state index in [1.54, 1.807) is 30.3 Å². The molecule has 1 aromatic rings. The molecule has 0 spiro atoms. The normalized spacial score (nSPS) is 14.1. The molecule has 194 valence electrons. The molecule has 4 unspecified atom stereocenters. The second kappa shape index (κ2) is 15.7. The van der Waals surface area contributed by atoms with Gasteiger partial charge in [-0.2, -0.15) is 12.6 Å². The van der Waals surface area contributed by atoms with Crippen LogP contribution in [-0.4, -0.2) is 71.2 Å². The van der Waals surface area contributed by atoms with Crippen molar-refractivity contribution in [1.82, 2.24) is 16.0 Å². The Kier molecular flexibility index (Phi) is 13.4. The molecule has 0 saturated carbocycles. The van der Waals surface area contributed by atoms with Gasteiger partial charge in [0.05, 0.1) is 12.5 Å². The topological polar surface area (TPSA) is 220 Å². The molecular weight excluding hydrogens is 476 g/mol. The molecule has 1 aromatic carbocycles. The van der Waals surface area contributed by atoms with E-state index in [9.17, 15) is 24.0 Å². The molecule has 13 heteroatoms. The lowest BCUT2D eigenvalue weighted by atomic mass is 10.0. The van der Waals surface area contributed by atoms with E-state index >= 15 is 0 Å². The average Bonchev–Trinajstić information content (AvgIpc) is 2.81. The highest BCUT2D eigenvalue weighted by Gasteiger charge is 2.31. The summed E-state index contributed by atoms with van der Waals surface area (Å²) >= 11 is 3.87. The summed E-state index contributed by atoms with van der Waals surface area (Å²) in [5, 5.41) is 16.3. The number of carboxylic acids is 1. The maximum Gasteiger partial charge on any atom is 0.327 e. The van der Waals surface area contributed by atoms with Crippen molar-refractivity contribution >= 4 is 42.2 Å². The van der Waals surface area contributed by atoms with Crippen molar-refractivity contribution in [3.05, 3.63) is 35.9 Å². The maximum absolute atomic E-state index is 13.1. The van der Waals surface area contributed by atoms with Crippen LogP contribution in [0.5, 0.6) is 0 Å². The van der Waals surface area contributed by atoms with E-state index in [4.69, 9.17) is 22.3 Å². The number of primary amides is 1. The predicted octanol–water partition coefficient (Wildman–Crippen LogP) is -1.97. The van der Waals surface area contributed by atoms with Crippen molar-refractivity contribution in [2.24, 2.45) is 17.2 Å². The van der Waals surface area contributed by atoms with E-state index in [0.717, 1.165) is 5.56 Å². The number of hydrogen-bond acceptors (Lipinski definition) is 8. The molecule has 0 radical (unpaired) electrons. The number of carboxylic acid groups (broad SMARTS) is 1. The van der Waals surface area contributed by atoms with Crippen LogP contribution in [0.2, 0.25) is 0 Å². The lowest BCUT2D eigenvalue weighted by Gasteiger charge is -2.24. The molecule has 4 atom stereocenters. The van der Waals surface area contributed by atoms with Crippen molar-refractivity contribution < 1.29 is 29.1 Å². The summed E-state index contributed by atoms with van der Waals surface area (Å²) in [5.41, 5.74) is 17.3. The van der Waals surface area contributed by atoms with Crippen LogP contribution in [0.25, 0.3) is 0 Å². The van der Waals surface area contributed by atoms with E-state index < -0.39 is 60.2 Å². The molecule has 0 fully saturated rings. The SMILES string of the molecule is NCCCCC(N)C(=O)NC(Cc1ccccc1)C(=O)NC(CC(N)=O)C(=O)NC(CS)C(=O)O. The minimum absolute atomic E-state index is 0.0766. The summed E-state index contributed by atoms with van der Waals surface area (Å²) in [6, 6.07) is 4.02. The summed E-state index contributed by atoms with van der Waals surface area (Å²) in [4.78, 5) is 61.0. The van der Waals surface area contributed by atoms with Crippen LogP contribution in [0.15, 0.2) is 30.3 Å². The van der Waals surface area contributed by atoms with Crippen LogP contribution in [0.3, 0.4) is 0 Å². The molecule has 1 rings (SSSR count). The van der Waals surface area contributed by atoms with Gasteiger partial charge in [-0.25, -0.2) is 4.79 Å². The summed E-state index contributed by atoms with van der Waals surface area (Å²) in [5.74, 6) is -4.70. The van der Waals surface area contributed by atoms with Crippen molar-refractivity contribution in [2.45, 2.75) is 56.3 Å². The molecule has 35 heavy (non-hydrogen) atoms. The number of benzene rings is 1. The fraction of sp³-hybridized carbons (Fsp3) is 0.500. The Labute approximate surface area is 209 Å². The largest absolute Gasteiger partial charge is 0.480 e. The highest BCUT2D eigenvalue weighted by Crippen LogP contribution is 2.06. The maximum atomic E-state index is 13.1. The second-order valence-corrected chi connectivity index (χ2v) is 8.32. The zero-order chi connectivity index (χ0) is 26.4. The molecule has 0 saturated heterocycles. The van der Waals surface area contributed by atoms with Gasteiger partial charge in [-0.1, -0.05) is 36.8 Å². The first-order valence-corrected chi connectivity index (χ1v) is 11.7. The molecule has 0 bridgehead atoms. The van der Waals surface area contributed by atoms with E-state index in [2.05, 4.69) is 28.6 Å². The van der Waals surface area contributed by atoms with Crippen LogP contribution < -0.4 is 33.2 Å². The van der Waals surface area contributed by atoms with Gasteiger partial charge in [-0.05, 0) is 24.9 Å². The molecule has 0 aliphatic heterocycles. The molecule has 0 heterocycles. The lowest BCUT2D eigenvalue weighted by Crippen LogP contribution is -2.58. The Bertz CT molecular complexity index is 871. The summed E-state index contributed by atoms with van der Waals surface area (Å²) in [7, 11) is 0. The zero-order valence-electron chi connectivity index (χ0n) is 19.3. The monoisotopic (exact) mass is 510 g/mol. The number of thiol groups is 1. The van der Waals surface area contributed by atoms with E-state index in [1.165, 1.54) is 0 Å². The third kappa shape index (κ3) is 11.2. The number of carbonyl (C=O) groups excluding carboxylic acids is 4. The van der Waals surface area contributed by atoms with E-state index in [0.29, 0.717) is 25.8 Å². The number of aliphatic carboxylic acids is 1. The fourth-order valence-electron chi connectivity index (χ4n) is 3.12. The quantitative estimate of drug-likeness (QED) is 0.0918. The highest BCUT2D eigenvalue weighted by atomic mass is 32.1. The number of hydrogen-bond donors (Lipinski definition) is 8. The predicted molar refractivity (Wildman–Crippen MR) is 132 cm³/mol.